The maximum atomic E-state index is 12.3. The van der Waals surface area contributed by atoms with Crippen LogP contribution in [-0.2, 0) is 0 Å². The Hall–Kier alpha value is -0.410. The Labute approximate surface area is 105 Å². The zero-order valence-corrected chi connectivity index (χ0v) is 11.0. The van der Waals surface area contributed by atoms with Crippen LogP contribution in [0.3, 0.4) is 0 Å². The summed E-state index contributed by atoms with van der Waals surface area (Å²) in [6, 6.07) is 9.67. The Morgan fingerprint density at radius 3 is 2.62 bits per heavy atom. The molecule has 1 saturated heterocycles. The normalized spacial score (nSPS) is 26.1. The molecule has 0 aromatic heterocycles. The first kappa shape index (κ1) is 12.1. The smallest absolute Gasteiger partial charge is 0.176 e. The van der Waals surface area contributed by atoms with Gasteiger partial charge in [0, 0.05) is 10.8 Å². The summed E-state index contributed by atoms with van der Waals surface area (Å²) in [5.41, 5.74) is 0.856. The molecule has 0 spiro atoms. The van der Waals surface area contributed by atoms with E-state index in [0.717, 1.165) is 11.3 Å². The number of ketones is 1. The van der Waals surface area contributed by atoms with Crippen LogP contribution in [0.2, 0.25) is 0 Å². The molecule has 1 aliphatic rings. The molecule has 0 bridgehead atoms. The fraction of sp³-hybridized carbons (Fsp3) is 0.462. The van der Waals surface area contributed by atoms with Crippen LogP contribution in [0.1, 0.15) is 23.7 Å². The number of hydrogen-bond donors (Lipinski definition) is 0. The van der Waals surface area contributed by atoms with Gasteiger partial charge in [-0.15, -0.1) is 11.8 Å². The maximum Gasteiger partial charge on any atom is 0.176 e. The molecule has 16 heavy (non-hydrogen) atoms. The van der Waals surface area contributed by atoms with E-state index in [4.69, 9.17) is 0 Å². The molecule has 0 amide bonds. The summed E-state index contributed by atoms with van der Waals surface area (Å²) in [4.78, 5) is 12.3. The number of carbonyl (C=O) groups is 1. The number of carbonyl (C=O) groups excluding carboxylic acids is 1. The Kier molecular flexibility index (Phi) is 4.36. The minimum absolute atomic E-state index is 0.134. The standard InChI is InChI=1S/C13H16OS2/c1-10-13(16-9-5-8-15-10)12(14)11-6-3-2-4-7-11/h2-4,6-7,10,13H,5,8-9H2,1H3. The predicted molar refractivity (Wildman–Crippen MR) is 73.6 cm³/mol. The van der Waals surface area contributed by atoms with E-state index < -0.39 is 0 Å². The minimum atomic E-state index is 0.134. The lowest BCUT2D eigenvalue weighted by Gasteiger charge is -2.18. The molecule has 1 heterocycles. The second-order valence-corrected chi connectivity index (χ2v) is 6.69. The van der Waals surface area contributed by atoms with Crippen molar-refractivity contribution in [3.8, 4) is 0 Å². The second-order valence-electron chi connectivity index (χ2n) is 3.95. The van der Waals surface area contributed by atoms with E-state index in [0.29, 0.717) is 11.0 Å². The number of benzene rings is 1. The Morgan fingerprint density at radius 2 is 1.88 bits per heavy atom. The molecule has 1 aliphatic heterocycles. The van der Waals surface area contributed by atoms with Gasteiger partial charge >= 0.3 is 0 Å². The van der Waals surface area contributed by atoms with Crippen molar-refractivity contribution < 1.29 is 4.79 Å². The third-order valence-corrected chi connectivity index (χ3v) is 5.71. The van der Waals surface area contributed by atoms with Gasteiger partial charge < -0.3 is 0 Å². The summed E-state index contributed by atoms with van der Waals surface area (Å²) in [5.74, 6) is 2.60. The molecular formula is C13H16OS2. The van der Waals surface area contributed by atoms with Crippen molar-refractivity contribution in [3.05, 3.63) is 35.9 Å². The van der Waals surface area contributed by atoms with E-state index >= 15 is 0 Å². The molecule has 2 unspecified atom stereocenters. The maximum absolute atomic E-state index is 12.3. The van der Waals surface area contributed by atoms with Gasteiger partial charge in [-0.1, -0.05) is 37.3 Å². The van der Waals surface area contributed by atoms with Crippen LogP contribution >= 0.6 is 23.5 Å². The van der Waals surface area contributed by atoms with Gasteiger partial charge in [-0.05, 0) is 17.9 Å². The molecule has 1 fully saturated rings. The zero-order valence-electron chi connectivity index (χ0n) is 9.39. The highest BCUT2D eigenvalue weighted by Gasteiger charge is 2.28. The lowest BCUT2D eigenvalue weighted by atomic mass is 10.1. The largest absolute Gasteiger partial charge is 0.293 e. The van der Waals surface area contributed by atoms with E-state index in [2.05, 4.69) is 6.92 Å². The minimum Gasteiger partial charge on any atom is -0.293 e. The summed E-state index contributed by atoms with van der Waals surface area (Å²) < 4.78 is 0. The van der Waals surface area contributed by atoms with E-state index in [-0.39, 0.29) is 5.25 Å². The Balaban J connectivity index is 2.14. The molecule has 1 nitrogen and oxygen atoms in total. The van der Waals surface area contributed by atoms with E-state index in [1.165, 1.54) is 12.2 Å². The fourth-order valence-electron chi connectivity index (χ4n) is 1.82. The van der Waals surface area contributed by atoms with Crippen molar-refractivity contribution in [2.75, 3.05) is 11.5 Å². The van der Waals surface area contributed by atoms with Gasteiger partial charge in [0.2, 0.25) is 0 Å². The SMILES string of the molecule is CC1SCCCSC1C(=O)c1ccccc1. The van der Waals surface area contributed by atoms with Crippen molar-refractivity contribution in [1.29, 1.82) is 0 Å². The summed E-state index contributed by atoms with van der Waals surface area (Å²) >= 11 is 3.75. The van der Waals surface area contributed by atoms with Gasteiger partial charge in [0.1, 0.15) is 0 Å². The molecule has 0 radical (unpaired) electrons. The van der Waals surface area contributed by atoms with Gasteiger partial charge in [0.25, 0.3) is 0 Å². The first-order chi connectivity index (χ1) is 7.79. The van der Waals surface area contributed by atoms with Crippen LogP contribution in [0.5, 0.6) is 0 Å². The van der Waals surface area contributed by atoms with Gasteiger partial charge in [0.15, 0.2) is 5.78 Å². The number of hydrogen-bond acceptors (Lipinski definition) is 3. The number of rotatable bonds is 2. The van der Waals surface area contributed by atoms with Crippen molar-refractivity contribution in [3.63, 3.8) is 0 Å². The summed E-state index contributed by atoms with van der Waals surface area (Å²) in [6.07, 6.45) is 1.22. The third-order valence-electron chi connectivity index (χ3n) is 2.71. The third kappa shape index (κ3) is 2.83. The van der Waals surface area contributed by atoms with Crippen LogP contribution in [0.25, 0.3) is 0 Å². The molecule has 86 valence electrons. The molecule has 1 aromatic rings. The monoisotopic (exact) mass is 252 g/mol. The summed E-state index contributed by atoms with van der Waals surface area (Å²) in [7, 11) is 0. The number of thioether (sulfide) groups is 2. The molecule has 1 aromatic carbocycles. The predicted octanol–water partition coefficient (Wildman–Crippen LogP) is 3.50. The summed E-state index contributed by atoms with van der Waals surface area (Å²) in [5, 5.41) is 0.565. The van der Waals surface area contributed by atoms with E-state index in [1.54, 1.807) is 0 Å². The lowest BCUT2D eigenvalue weighted by Crippen LogP contribution is -2.26. The van der Waals surface area contributed by atoms with Crippen LogP contribution in [0.15, 0.2) is 30.3 Å². The number of Topliss-reactive ketones (excluding diaryl/α,β-unsaturated/α-hetero) is 1. The first-order valence-corrected chi connectivity index (χ1v) is 7.71. The van der Waals surface area contributed by atoms with E-state index in [1.807, 2.05) is 53.9 Å². The summed E-state index contributed by atoms with van der Waals surface area (Å²) in [6.45, 7) is 2.18. The van der Waals surface area contributed by atoms with Crippen LogP contribution < -0.4 is 0 Å². The highest BCUT2D eigenvalue weighted by atomic mass is 32.2. The lowest BCUT2D eigenvalue weighted by molar-refractivity contribution is 0.0990. The van der Waals surface area contributed by atoms with Crippen LogP contribution in [-0.4, -0.2) is 27.8 Å². The van der Waals surface area contributed by atoms with Gasteiger partial charge in [-0.3, -0.25) is 4.79 Å². The van der Waals surface area contributed by atoms with Gasteiger partial charge in [-0.25, -0.2) is 0 Å². The first-order valence-electron chi connectivity index (χ1n) is 5.61. The van der Waals surface area contributed by atoms with Crippen molar-refractivity contribution in [2.24, 2.45) is 0 Å². The molecule has 3 heteroatoms. The average molecular weight is 252 g/mol. The Morgan fingerprint density at radius 1 is 1.19 bits per heavy atom. The second kappa shape index (κ2) is 5.78. The molecule has 2 atom stereocenters. The van der Waals surface area contributed by atoms with Crippen molar-refractivity contribution in [2.45, 2.75) is 23.8 Å². The highest BCUT2D eigenvalue weighted by molar-refractivity contribution is 8.04. The Bertz CT molecular complexity index is 350. The molecule has 2 rings (SSSR count). The van der Waals surface area contributed by atoms with Gasteiger partial charge in [-0.2, -0.15) is 11.8 Å². The molecule has 0 saturated carbocycles. The highest BCUT2D eigenvalue weighted by Crippen LogP contribution is 2.31. The molecule has 0 aliphatic carbocycles. The van der Waals surface area contributed by atoms with Crippen LogP contribution in [0, 0.1) is 0 Å². The fourth-order valence-corrected chi connectivity index (χ4v) is 4.58. The van der Waals surface area contributed by atoms with Crippen LogP contribution in [0.4, 0.5) is 0 Å². The molecule has 0 N–H and O–H groups in total. The van der Waals surface area contributed by atoms with Gasteiger partial charge in [0.05, 0.1) is 5.25 Å². The molecular weight excluding hydrogens is 236 g/mol. The quantitative estimate of drug-likeness (QED) is 0.750. The topological polar surface area (TPSA) is 17.1 Å². The average Bonchev–Trinajstić information content (AvgIpc) is 2.54. The zero-order chi connectivity index (χ0) is 11.4. The van der Waals surface area contributed by atoms with Crippen molar-refractivity contribution in [1.82, 2.24) is 0 Å². The van der Waals surface area contributed by atoms with Crippen molar-refractivity contribution >= 4 is 29.3 Å². The van der Waals surface area contributed by atoms with E-state index in [9.17, 15) is 4.79 Å².